The van der Waals surface area contributed by atoms with Crippen molar-refractivity contribution in [2.75, 3.05) is 13.2 Å². The number of aromatic carboxylic acids is 1. The van der Waals surface area contributed by atoms with Gasteiger partial charge in [0, 0.05) is 12.7 Å². The van der Waals surface area contributed by atoms with Crippen molar-refractivity contribution in [2.45, 2.75) is 24.4 Å². The van der Waals surface area contributed by atoms with Crippen LogP contribution in [0.25, 0.3) is 0 Å². The Morgan fingerprint density at radius 1 is 1.50 bits per heavy atom. The highest BCUT2D eigenvalue weighted by molar-refractivity contribution is 7.89. The van der Waals surface area contributed by atoms with Gasteiger partial charge >= 0.3 is 5.97 Å². The second-order valence-corrected chi connectivity index (χ2v) is 6.66. The number of hydrogen-bond acceptors (Lipinski definition) is 5. The van der Waals surface area contributed by atoms with E-state index in [9.17, 15) is 18.3 Å². The lowest BCUT2D eigenvalue weighted by atomic mass is 10.0. The second kappa shape index (κ2) is 5.47. The summed E-state index contributed by atoms with van der Waals surface area (Å²) in [6, 6.07) is 1.92. The molecule has 0 spiro atoms. The number of nitrogens with zero attached hydrogens (tertiary/aromatic N) is 2. The average Bonchev–Trinajstić information content (AvgIpc) is 2.80. The molecule has 110 valence electrons. The van der Waals surface area contributed by atoms with Crippen LogP contribution >= 0.6 is 0 Å². The molecule has 2 rings (SSSR count). The molecule has 2 atom stereocenters. The molecule has 1 fully saturated rings. The molecule has 0 bridgehead atoms. The molecule has 0 aliphatic carbocycles. The summed E-state index contributed by atoms with van der Waals surface area (Å²) in [4.78, 5) is 14.4. The normalized spacial score (nSPS) is 23.9. The number of carboxylic acids is 1. The van der Waals surface area contributed by atoms with E-state index in [1.165, 1.54) is 16.4 Å². The van der Waals surface area contributed by atoms with Crippen molar-refractivity contribution >= 4 is 16.0 Å². The van der Waals surface area contributed by atoms with Gasteiger partial charge in [-0.3, -0.25) is 0 Å². The number of rotatable bonds is 4. The molecule has 1 aliphatic rings. The molecule has 8 heteroatoms. The van der Waals surface area contributed by atoms with Gasteiger partial charge in [0.15, 0.2) is 5.03 Å². The van der Waals surface area contributed by atoms with E-state index in [1.54, 1.807) is 0 Å². The quantitative estimate of drug-likeness (QED) is 0.820. The van der Waals surface area contributed by atoms with E-state index in [0.29, 0.717) is 13.0 Å². The van der Waals surface area contributed by atoms with E-state index >= 15 is 0 Å². The molecule has 1 aliphatic heterocycles. The highest BCUT2D eigenvalue weighted by Gasteiger charge is 2.39. The topological polar surface area (TPSA) is 108 Å². The van der Waals surface area contributed by atoms with Gasteiger partial charge in [-0.25, -0.2) is 18.2 Å². The molecule has 7 nitrogen and oxygen atoms in total. The van der Waals surface area contributed by atoms with E-state index in [2.05, 4.69) is 4.98 Å². The van der Waals surface area contributed by atoms with E-state index < -0.39 is 22.0 Å². The summed E-state index contributed by atoms with van der Waals surface area (Å²) in [5.74, 6) is -1.09. The number of carboxylic acid groups (broad SMARTS) is 1. The van der Waals surface area contributed by atoms with Crippen LogP contribution in [0, 0.1) is 5.92 Å². The van der Waals surface area contributed by atoms with Gasteiger partial charge in [-0.1, -0.05) is 6.92 Å². The number of hydrogen-bond donors (Lipinski definition) is 2. The number of aliphatic hydroxyl groups excluding tert-OH is 1. The van der Waals surface area contributed by atoms with Crippen molar-refractivity contribution in [3.05, 3.63) is 23.9 Å². The summed E-state index contributed by atoms with van der Waals surface area (Å²) in [7, 11) is -3.81. The number of sulfonamides is 1. The van der Waals surface area contributed by atoms with Gasteiger partial charge in [-0.05, 0) is 24.5 Å². The maximum Gasteiger partial charge on any atom is 0.337 e. The van der Waals surface area contributed by atoms with Crippen LogP contribution in [0.1, 0.15) is 23.7 Å². The van der Waals surface area contributed by atoms with Gasteiger partial charge < -0.3 is 10.2 Å². The largest absolute Gasteiger partial charge is 0.478 e. The van der Waals surface area contributed by atoms with Crippen molar-refractivity contribution in [3.63, 3.8) is 0 Å². The van der Waals surface area contributed by atoms with Crippen molar-refractivity contribution in [2.24, 2.45) is 5.92 Å². The fourth-order valence-corrected chi connectivity index (χ4v) is 3.96. The van der Waals surface area contributed by atoms with Crippen LogP contribution in [0.15, 0.2) is 23.4 Å². The van der Waals surface area contributed by atoms with Crippen LogP contribution in [0.3, 0.4) is 0 Å². The highest BCUT2D eigenvalue weighted by atomic mass is 32.2. The second-order valence-electron chi connectivity index (χ2n) is 4.82. The maximum atomic E-state index is 12.4. The predicted molar refractivity (Wildman–Crippen MR) is 69.7 cm³/mol. The lowest BCUT2D eigenvalue weighted by molar-refractivity contribution is 0.0696. The van der Waals surface area contributed by atoms with Crippen LogP contribution in [0.5, 0.6) is 0 Å². The first-order chi connectivity index (χ1) is 9.37. The Morgan fingerprint density at radius 2 is 2.20 bits per heavy atom. The first-order valence-electron chi connectivity index (χ1n) is 6.20. The smallest absolute Gasteiger partial charge is 0.337 e. The molecule has 0 radical (unpaired) electrons. The van der Waals surface area contributed by atoms with Gasteiger partial charge in [0.25, 0.3) is 10.0 Å². The summed E-state index contributed by atoms with van der Waals surface area (Å²) in [5.41, 5.74) is -0.0718. The fourth-order valence-electron chi connectivity index (χ4n) is 2.32. The minimum atomic E-state index is -3.81. The van der Waals surface area contributed by atoms with Gasteiger partial charge in [-0.2, -0.15) is 4.31 Å². The van der Waals surface area contributed by atoms with Crippen LogP contribution < -0.4 is 0 Å². The zero-order valence-corrected chi connectivity index (χ0v) is 11.7. The Kier molecular flexibility index (Phi) is 4.07. The molecule has 20 heavy (non-hydrogen) atoms. The molecule has 2 heterocycles. The first kappa shape index (κ1) is 14.9. The van der Waals surface area contributed by atoms with Crippen molar-refractivity contribution in [1.82, 2.24) is 9.29 Å². The van der Waals surface area contributed by atoms with E-state index in [0.717, 1.165) is 6.20 Å². The summed E-state index contributed by atoms with van der Waals surface area (Å²) >= 11 is 0. The maximum absolute atomic E-state index is 12.4. The molecule has 1 aromatic heterocycles. The third-order valence-corrected chi connectivity index (χ3v) is 5.42. The van der Waals surface area contributed by atoms with Crippen LogP contribution in [0.4, 0.5) is 0 Å². The Labute approximate surface area is 116 Å². The zero-order chi connectivity index (χ0) is 14.9. The van der Waals surface area contributed by atoms with E-state index in [-0.39, 0.29) is 23.1 Å². The molecule has 0 amide bonds. The van der Waals surface area contributed by atoms with Gasteiger partial charge in [0.1, 0.15) is 0 Å². The highest BCUT2D eigenvalue weighted by Crippen LogP contribution is 2.29. The molecule has 1 saturated heterocycles. The minimum Gasteiger partial charge on any atom is -0.478 e. The zero-order valence-electron chi connectivity index (χ0n) is 10.9. The fraction of sp³-hybridized carbons (Fsp3) is 0.500. The summed E-state index contributed by atoms with van der Waals surface area (Å²) in [5, 5.41) is 17.9. The average molecular weight is 300 g/mol. The van der Waals surface area contributed by atoms with Crippen LogP contribution in [0.2, 0.25) is 0 Å². The number of aromatic nitrogens is 1. The third-order valence-electron chi connectivity index (χ3n) is 3.57. The number of aliphatic hydroxyl groups is 1. The molecule has 2 N–H and O–H groups in total. The molecule has 2 unspecified atom stereocenters. The summed E-state index contributed by atoms with van der Waals surface area (Å²) in [6.07, 6.45) is 1.69. The Balaban J connectivity index is 2.33. The minimum absolute atomic E-state index is 0.0718. The Hall–Kier alpha value is -1.51. The number of carbonyl (C=O) groups is 1. The SMILES string of the molecule is CC1CCN(S(=O)(=O)c2ccc(C(=O)O)cn2)C1CO. The van der Waals surface area contributed by atoms with Gasteiger partial charge in [0.2, 0.25) is 0 Å². The van der Waals surface area contributed by atoms with Crippen LogP contribution in [-0.2, 0) is 10.0 Å². The third kappa shape index (κ3) is 2.54. The van der Waals surface area contributed by atoms with Crippen LogP contribution in [-0.4, -0.2) is 53.1 Å². The van der Waals surface area contributed by atoms with E-state index in [4.69, 9.17) is 5.11 Å². The molecular weight excluding hydrogens is 284 g/mol. The lowest BCUT2D eigenvalue weighted by Gasteiger charge is -2.24. The molecule has 0 aromatic carbocycles. The molecule has 0 saturated carbocycles. The Bertz CT molecular complexity index is 599. The van der Waals surface area contributed by atoms with Gasteiger partial charge in [-0.15, -0.1) is 0 Å². The first-order valence-corrected chi connectivity index (χ1v) is 7.64. The van der Waals surface area contributed by atoms with Gasteiger partial charge in [0.05, 0.1) is 18.2 Å². The molecular formula is C12H16N2O5S. The van der Waals surface area contributed by atoms with Crippen molar-refractivity contribution in [3.8, 4) is 0 Å². The predicted octanol–water partition coefficient (Wildman–Crippen LogP) is 0.171. The van der Waals surface area contributed by atoms with Crippen molar-refractivity contribution < 1.29 is 23.4 Å². The summed E-state index contributed by atoms with van der Waals surface area (Å²) < 4.78 is 26.1. The Morgan fingerprint density at radius 3 is 2.70 bits per heavy atom. The van der Waals surface area contributed by atoms with E-state index in [1.807, 2.05) is 6.92 Å². The summed E-state index contributed by atoms with van der Waals surface area (Å²) in [6.45, 7) is 1.97. The lowest BCUT2D eigenvalue weighted by Crippen LogP contribution is -2.40. The van der Waals surface area contributed by atoms with Crippen molar-refractivity contribution in [1.29, 1.82) is 0 Å². The standard InChI is InChI=1S/C12H16N2O5S/c1-8-4-5-14(10(8)7-15)20(18,19)11-3-2-9(6-13-11)12(16)17/h2-3,6,8,10,15H,4-5,7H2,1H3,(H,16,17). The molecule has 1 aromatic rings. The number of pyridine rings is 1. The monoisotopic (exact) mass is 300 g/mol.